The summed E-state index contributed by atoms with van der Waals surface area (Å²) in [6.45, 7) is 17.4. The Morgan fingerprint density at radius 3 is 2.48 bits per heavy atom. The molecule has 1 N–H and O–H groups in total. The third-order valence-corrected chi connectivity index (χ3v) is 5.08. The van der Waals surface area contributed by atoms with E-state index in [0.717, 1.165) is 31.5 Å². The highest BCUT2D eigenvalue weighted by Gasteiger charge is 2.34. The molecule has 3 atom stereocenters. The summed E-state index contributed by atoms with van der Waals surface area (Å²) in [4.78, 5) is 2.63. The van der Waals surface area contributed by atoms with Crippen LogP contribution in [0.25, 0.3) is 0 Å². The number of hydrogen-bond donors (Lipinski definition) is 1. The predicted molar refractivity (Wildman–Crippen MR) is 89.6 cm³/mol. The lowest BCUT2D eigenvalue weighted by Gasteiger charge is -2.27. The molecular formula is C18H36N2O. The quantitative estimate of drug-likeness (QED) is 0.815. The summed E-state index contributed by atoms with van der Waals surface area (Å²) in [5, 5.41) is 3.53. The van der Waals surface area contributed by atoms with Gasteiger partial charge < -0.3 is 15.0 Å². The highest BCUT2D eigenvalue weighted by molar-refractivity contribution is 4.86. The lowest BCUT2D eigenvalue weighted by molar-refractivity contribution is 0.0257. The first-order chi connectivity index (χ1) is 9.84. The molecule has 0 aliphatic carbocycles. The minimum absolute atomic E-state index is 0.440. The van der Waals surface area contributed by atoms with Gasteiger partial charge in [-0.05, 0) is 49.6 Å². The highest BCUT2D eigenvalue weighted by Crippen LogP contribution is 2.34. The predicted octanol–water partition coefficient (Wildman–Crippen LogP) is 3.15. The van der Waals surface area contributed by atoms with Gasteiger partial charge in [0.05, 0.1) is 12.2 Å². The average molecular weight is 296 g/mol. The van der Waals surface area contributed by atoms with E-state index < -0.39 is 0 Å². The van der Waals surface area contributed by atoms with Gasteiger partial charge in [-0.25, -0.2) is 0 Å². The van der Waals surface area contributed by atoms with Crippen LogP contribution in [-0.4, -0.2) is 49.8 Å². The van der Waals surface area contributed by atoms with Crippen LogP contribution in [0.15, 0.2) is 0 Å². The van der Waals surface area contributed by atoms with E-state index in [-0.39, 0.29) is 0 Å². The van der Waals surface area contributed by atoms with Gasteiger partial charge in [0.15, 0.2) is 0 Å². The normalized spacial score (nSPS) is 31.4. The molecule has 2 aliphatic rings. The fourth-order valence-corrected chi connectivity index (χ4v) is 3.59. The van der Waals surface area contributed by atoms with Crippen LogP contribution >= 0.6 is 0 Å². The van der Waals surface area contributed by atoms with E-state index in [2.05, 4.69) is 44.8 Å². The lowest BCUT2D eigenvalue weighted by Crippen LogP contribution is -2.34. The minimum Gasteiger partial charge on any atom is -0.372 e. The Morgan fingerprint density at radius 2 is 1.86 bits per heavy atom. The first kappa shape index (κ1) is 17.2. The Kier molecular flexibility index (Phi) is 6.10. The molecule has 2 heterocycles. The maximum absolute atomic E-state index is 6.22. The van der Waals surface area contributed by atoms with Crippen LogP contribution in [-0.2, 0) is 4.74 Å². The van der Waals surface area contributed by atoms with E-state index >= 15 is 0 Å². The summed E-state index contributed by atoms with van der Waals surface area (Å²) >= 11 is 0. The van der Waals surface area contributed by atoms with Gasteiger partial charge in [-0.2, -0.15) is 0 Å². The molecule has 0 bridgehead atoms. The number of likely N-dealkylation sites (tertiary alicyclic amines) is 1. The second-order valence-corrected chi connectivity index (χ2v) is 8.62. The summed E-state index contributed by atoms with van der Waals surface area (Å²) in [7, 11) is 0. The maximum Gasteiger partial charge on any atom is 0.0707 e. The van der Waals surface area contributed by atoms with Gasteiger partial charge in [-0.15, -0.1) is 0 Å². The van der Waals surface area contributed by atoms with E-state index in [1.165, 1.54) is 32.4 Å². The van der Waals surface area contributed by atoms with Crippen LogP contribution in [0.5, 0.6) is 0 Å². The molecule has 0 aromatic rings. The van der Waals surface area contributed by atoms with Crippen molar-refractivity contribution in [3.05, 3.63) is 0 Å². The van der Waals surface area contributed by atoms with Crippen LogP contribution in [0.4, 0.5) is 0 Å². The minimum atomic E-state index is 0.440. The van der Waals surface area contributed by atoms with Crippen LogP contribution in [0.2, 0.25) is 0 Å². The fraction of sp³-hybridized carbons (Fsp3) is 1.00. The van der Waals surface area contributed by atoms with Crippen molar-refractivity contribution in [3.63, 3.8) is 0 Å². The van der Waals surface area contributed by atoms with E-state index in [1.807, 2.05) is 0 Å². The lowest BCUT2D eigenvalue weighted by atomic mass is 9.80. The second kappa shape index (κ2) is 7.43. The maximum atomic E-state index is 6.22. The summed E-state index contributed by atoms with van der Waals surface area (Å²) in [5.41, 5.74) is 0.453. The largest absolute Gasteiger partial charge is 0.372 e. The molecule has 0 aromatic heterocycles. The standard InChI is InChI=1S/C18H36N2O/c1-14(2)10-19-11-16-6-7-17(21-16)13-20-9-8-15(12-20)18(3,4)5/h14-17,19H,6-13H2,1-5H3. The summed E-state index contributed by atoms with van der Waals surface area (Å²) in [5.74, 6) is 1.57. The van der Waals surface area contributed by atoms with Crippen LogP contribution in [0, 0.1) is 17.3 Å². The second-order valence-electron chi connectivity index (χ2n) is 8.62. The summed E-state index contributed by atoms with van der Waals surface area (Å²) < 4.78 is 6.22. The highest BCUT2D eigenvalue weighted by atomic mass is 16.5. The Balaban J connectivity index is 1.64. The number of ether oxygens (including phenoxy) is 1. The third-order valence-electron chi connectivity index (χ3n) is 5.08. The number of rotatable bonds is 6. The topological polar surface area (TPSA) is 24.5 Å². The van der Waals surface area contributed by atoms with Crippen molar-refractivity contribution < 1.29 is 4.74 Å². The van der Waals surface area contributed by atoms with Gasteiger partial charge in [-0.3, -0.25) is 0 Å². The molecule has 21 heavy (non-hydrogen) atoms. The zero-order valence-electron chi connectivity index (χ0n) is 14.8. The summed E-state index contributed by atoms with van der Waals surface area (Å²) in [6, 6.07) is 0. The van der Waals surface area contributed by atoms with E-state index in [9.17, 15) is 0 Å². The molecule has 3 unspecified atom stereocenters. The van der Waals surface area contributed by atoms with Crippen LogP contribution in [0.1, 0.15) is 53.9 Å². The molecular weight excluding hydrogens is 260 g/mol. The molecule has 2 aliphatic heterocycles. The molecule has 124 valence electrons. The zero-order valence-corrected chi connectivity index (χ0v) is 14.8. The van der Waals surface area contributed by atoms with Crippen molar-refractivity contribution in [1.29, 1.82) is 0 Å². The SMILES string of the molecule is CC(C)CNCC1CCC(CN2CCC(C(C)(C)C)C2)O1. The molecule has 3 heteroatoms. The van der Waals surface area contributed by atoms with Gasteiger partial charge in [-0.1, -0.05) is 34.6 Å². The van der Waals surface area contributed by atoms with Crippen molar-refractivity contribution in [3.8, 4) is 0 Å². The van der Waals surface area contributed by atoms with Crippen LogP contribution < -0.4 is 5.32 Å². The van der Waals surface area contributed by atoms with Gasteiger partial charge in [0.25, 0.3) is 0 Å². The van der Waals surface area contributed by atoms with Crippen molar-refractivity contribution >= 4 is 0 Å². The number of nitrogens with one attached hydrogen (secondary N) is 1. The Morgan fingerprint density at radius 1 is 1.14 bits per heavy atom. The Hall–Kier alpha value is -0.120. The third kappa shape index (κ3) is 5.54. The van der Waals surface area contributed by atoms with Gasteiger partial charge in [0, 0.05) is 19.6 Å². The van der Waals surface area contributed by atoms with Crippen molar-refractivity contribution in [2.24, 2.45) is 17.3 Å². The molecule has 2 saturated heterocycles. The van der Waals surface area contributed by atoms with E-state index in [1.54, 1.807) is 0 Å². The van der Waals surface area contributed by atoms with Gasteiger partial charge >= 0.3 is 0 Å². The zero-order chi connectivity index (χ0) is 15.5. The molecule has 0 saturated carbocycles. The van der Waals surface area contributed by atoms with Gasteiger partial charge in [0.2, 0.25) is 0 Å². The van der Waals surface area contributed by atoms with Gasteiger partial charge in [0.1, 0.15) is 0 Å². The molecule has 2 fully saturated rings. The Labute approximate surface area is 131 Å². The first-order valence-electron chi connectivity index (χ1n) is 8.93. The van der Waals surface area contributed by atoms with Crippen molar-refractivity contribution in [2.75, 3.05) is 32.7 Å². The average Bonchev–Trinajstić information content (AvgIpc) is 2.98. The molecule has 0 amide bonds. The van der Waals surface area contributed by atoms with E-state index in [0.29, 0.717) is 17.6 Å². The monoisotopic (exact) mass is 296 g/mol. The number of hydrogen-bond acceptors (Lipinski definition) is 3. The molecule has 3 nitrogen and oxygen atoms in total. The first-order valence-corrected chi connectivity index (χ1v) is 8.93. The van der Waals surface area contributed by atoms with Crippen molar-refractivity contribution in [1.82, 2.24) is 10.2 Å². The molecule has 2 rings (SSSR count). The smallest absolute Gasteiger partial charge is 0.0707 e. The summed E-state index contributed by atoms with van der Waals surface area (Å²) in [6.07, 6.45) is 4.73. The molecule has 0 aromatic carbocycles. The van der Waals surface area contributed by atoms with Crippen molar-refractivity contribution in [2.45, 2.75) is 66.1 Å². The molecule has 0 radical (unpaired) electrons. The molecule has 0 spiro atoms. The van der Waals surface area contributed by atoms with E-state index in [4.69, 9.17) is 4.74 Å². The Bertz CT molecular complexity index is 311. The van der Waals surface area contributed by atoms with Crippen LogP contribution in [0.3, 0.4) is 0 Å². The number of nitrogens with zero attached hydrogens (tertiary/aromatic N) is 1. The fourth-order valence-electron chi connectivity index (χ4n) is 3.59.